The summed E-state index contributed by atoms with van der Waals surface area (Å²) in [5.41, 5.74) is -0.397. The molecule has 1 aliphatic carbocycles. The SMILES string of the molecule is C[C@H](OC(=O)Cc1c(Cl)cccc1Cl)C(=O)NC1(C#N)CCCCC1. The van der Waals surface area contributed by atoms with Gasteiger partial charge >= 0.3 is 5.97 Å². The van der Waals surface area contributed by atoms with Gasteiger partial charge in [-0.25, -0.2) is 0 Å². The van der Waals surface area contributed by atoms with Crippen LogP contribution in [0.3, 0.4) is 0 Å². The van der Waals surface area contributed by atoms with Crippen molar-refractivity contribution in [3.63, 3.8) is 0 Å². The molecule has 0 heterocycles. The molecule has 0 spiro atoms. The van der Waals surface area contributed by atoms with Crippen LogP contribution in [0, 0.1) is 11.3 Å². The van der Waals surface area contributed by atoms with Gasteiger partial charge in [-0.3, -0.25) is 9.59 Å². The number of ether oxygens (including phenoxy) is 1. The fourth-order valence-corrected chi connectivity index (χ4v) is 3.43. The number of hydrogen-bond acceptors (Lipinski definition) is 4. The summed E-state index contributed by atoms with van der Waals surface area (Å²) in [7, 11) is 0. The van der Waals surface area contributed by atoms with E-state index in [0.717, 1.165) is 19.3 Å². The van der Waals surface area contributed by atoms with Gasteiger partial charge in [0.25, 0.3) is 5.91 Å². The Morgan fingerprint density at radius 1 is 1.28 bits per heavy atom. The van der Waals surface area contributed by atoms with E-state index in [4.69, 9.17) is 27.9 Å². The second-order valence-corrected chi connectivity index (χ2v) is 7.07. The molecule has 1 aliphatic rings. The smallest absolute Gasteiger partial charge is 0.311 e. The number of carbonyl (C=O) groups excluding carboxylic acids is 2. The van der Waals surface area contributed by atoms with Crippen LogP contribution in [0.25, 0.3) is 0 Å². The minimum Gasteiger partial charge on any atom is -0.452 e. The van der Waals surface area contributed by atoms with Crippen LogP contribution in [0.2, 0.25) is 10.0 Å². The van der Waals surface area contributed by atoms with E-state index in [2.05, 4.69) is 11.4 Å². The van der Waals surface area contributed by atoms with Crippen LogP contribution in [0.4, 0.5) is 0 Å². The van der Waals surface area contributed by atoms with Gasteiger partial charge in [0.05, 0.1) is 12.5 Å². The third-order valence-electron chi connectivity index (χ3n) is 4.34. The number of nitrogens with zero attached hydrogens (tertiary/aromatic N) is 1. The maximum Gasteiger partial charge on any atom is 0.311 e. The van der Waals surface area contributed by atoms with Crippen LogP contribution >= 0.6 is 23.2 Å². The second-order valence-electron chi connectivity index (χ2n) is 6.25. The molecule has 0 saturated heterocycles. The molecule has 0 aromatic heterocycles. The number of amides is 1. The fourth-order valence-electron chi connectivity index (χ4n) is 2.90. The quantitative estimate of drug-likeness (QED) is 0.785. The third-order valence-corrected chi connectivity index (χ3v) is 5.05. The van der Waals surface area contributed by atoms with Crippen LogP contribution in [0.1, 0.15) is 44.6 Å². The highest BCUT2D eigenvalue weighted by molar-refractivity contribution is 6.36. The molecule has 0 unspecified atom stereocenters. The first kappa shape index (κ1) is 19.6. The maximum absolute atomic E-state index is 12.3. The monoisotopic (exact) mass is 382 g/mol. The number of carbonyl (C=O) groups is 2. The maximum atomic E-state index is 12.3. The van der Waals surface area contributed by atoms with Crippen LogP contribution in [0.15, 0.2) is 18.2 Å². The predicted octanol–water partition coefficient (Wildman–Crippen LogP) is 3.81. The summed E-state index contributed by atoms with van der Waals surface area (Å²) in [6, 6.07) is 7.15. The van der Waals surface area contributed by atoms with E-state index in [-0.39, 0.29) is 6.42 Å². The molecule has 1 fully saturated rings. The van der Waals surface area contributed by atoms with Crippen molar-refractivity contribution in [3.8, 4) is 6.07 Å². The Morgan fingerprint density at radius 3 is 2.44 bits per heavy atom. The minimum atomic E-state index is -0.999. The van der Waals surface area contributed by atoms with Gasteiger partial charge in [0.1, 0.15) is 5.54 Å². The summed E-state index contributed by atoms with van der Waals surface area (Å²) in [5.74, 6) is -1.07. The Balaban J connectivity index is 1.94. The Morgan fingerprint density at radius 2 is 1.88 bits per heavy atom. The lowest BCUT2D eigenvalue weighted by Crippen LogP contribution is -2.52. The highest BCUT2D eigenvalue weighted by Crippen LogP contribution is 2.28. The number of hydrogen-bond donors (Lipinski definition) is 1. The first-order chi connectivity index (χ1) is 11.9. The Labute approximate surface area is 157 Å². The van der Waals surface area contributed by atoms with Crippen molar-refractivity contribution in [2.24, 2.45) is 0 Å². The van der Waals surface area contributed by atoms with Gasteiger partial charge in [0, 0.05) is 15.6 Å². The van der Waals surface area contributed by atoms with E-state index >= 15 is 0 Å². The zero-order valence-electron chi connectivity index (χ0n) is 14.0. The van der Waals surface area contributed by atoms with Crippen molar-refractivity contribution in [2.75, 3.05) is 0 Å². The lowest BCUT2D eigenvalue weighted by Gasteiger charge is -2.32. The molecule has 1 amide bonds. The van der Waals surface area contributed by atoms with Crippen LogP contribution in [-0.4, -0.2) is 23.5 Å². The Hall–Kier alpha value is -1.77. The highest BCUT2D eigenvalue weighted by Gasteiger charge is 2.35. The van der Waals surface area contributed by atoms with Crippen molar-refractivity contribution in [3.05, 3.63) is 33.8 Å². The average Bonchev–Trinajstić information content (AvgIpc) is 2.59. The molecular weight excluding hydrogens is 363 g/mol. The molecule has 2 rings (SSSR count). The molecule has 25 heavy (non-hydrogen) atoms. The molecule has 5 nitrogen and oxygen atoms in total. The van der Waals surface area contributed by atoms with Crippen LogP contribution in [-0.2, 0) is 20.7 Å². The van der Waals surface area contributed by atoms with Crippen molar-refractivity contribution in [1.82, 2.24) is 5.32 Å². The average molecular weight is 383 g/mol. The first-order valence-electron chi connectivity index (χ1n) is 8.22. The third kappa shape index (κ3) is 5.10. The molecular formula is C18H20Cl2N2O3. The summed E-state index contributed by atoms with van der Waals surface area (Å²) >= 11 is 12.1. The summed E-state index contributed by atoms with van der Waals surface area (Å²) in [4.78, 5) is 24.4. The van der Waals surface area contributed by atoms with Gasteiger partial charge in [-0.1, -0.05) is 48.5 Å². The Kier molecular flexibility index (Phi) is 6.69. The predicted molar refractivity (Wildman–Crippen MR) is 95.3 cm³/mol. The van der Waals surface area contributed by atoms with Crippen molar-refractivity contribution in [2.45, 2.75) is 57.1 Å². The summed E-state index contributed by atoms with van der Waals surface area (Å²) < 4.78 is 5.18. The molecule has 1 N–H and O–H groups in total. The number of halogens is 2. The number of nitrogens with one attached hydrogen (secondary N) is 1. The topological polar surface area (TPSA) is 79.2 Å². The molecule has 0 aliphatic heterocycles. The van der Waals surface area contributed by atoms with E-state index in [0.29, 0.717) is 28.5 Å². The zero-order valence-corrected chi connectivity index (χ0v) is 15.5. The first-order valence-corrected chi connectivity index (χ1v) is 8.98. The van der Waals surface area contributed by atoms with E-state index in [1.54, 1.807) is 18.2 Å². The number of rotatable bonds is 5. The number of benzene rings is 1. The van der Waals surface area contributed by atoms with Gasteiger partial charge in [-0.15, -0.1) is 0 Å². The minimum absolute atomic E-state index is 0.125. The van der Waals surface area contributed by atoms with E-state index in [9.17, 15) is 14.9 Å². The molecule has 134 valence electrons. The van der Waals surface area contributed by atoms with Crippen molar-refractivity contribution < 1.29 is 14.3 Å². The molecule has 1 aromatic carbocycles. The molecule has 1 aromatic rings. The number of nitriles is 1. The van der Waals surface area contributed by atoms with Crippen molar-refractivity contribution >= 4 is 35.1 Å². The van der Waals surface area contributed by atoms with Gasteiger partial charge in [0.15, 0.2) is 6.10 Å². The number of esters is 1. The molecule has 1 atom stereocenters. The van der Waals surface area contributed by atoms with Gasteiger partial charge in [0.2, 0.25) is 0 Å². The summed E-state index contributed by atoms with van der Waals surface area (Å²) in [6.45, 7) is 1.48. The normalized spacial score (nSPS) is 17.2. The van der Waals surface area contributed by atoms with Crippen molar-refractivity contribution in [1.29, 1.82) is 5.26 Å². The molecule has 7 heteroatoms. The highest BCUT2D eigenvalue weighted by atomic mass is 35.5. The van der Waals surface area contributed by atoms with Gasteiger partial charge < -0.3 is 10.1 Å². The summed E-state index contributed by atoms with van der Waals surface area (Å²) in [5, 5.41) is 12.9. The molecule has 0 radical (unpaired) electrons. The van der Waals surface area contributed by atoms with Crippen LogP contribution in [0.5, 0.6) is 0 Å². The Bertz CT molecular complexity index is 674. The zero-order chi connectivity index (χ0) is 18.4. The van der Waals surface area contributed by atoms with Crippen LogP contribution < -0.4 is 5.32 Å². The van der Waals surface area contributed by atoms with E-state index in [1.165, 1.54) is 6.92 Å². The standard InChI is InChI=1S/C18H20Cl2N2O3/c1-12(17(24)22-18(11-21)8-3-2-4-9-18)25-16(23)10-13-14(19)6-5-7-15(13)20/h5-7,12H,2-4,8-10H2,1H3,(H,22,24)/t12-/m0/s1. The molecule has 1 saturated carbocycles. The summed E-state index contributed by atoms with van der Waals surface area (Å²) in [6.07, 6.45) is 2.96. The lowest BCUT2D eigenvalue weighted by atomic mass is 9.83. The van der Waals surface area contributed by atoms with Gasteiger partial charge in [-0.2, -0.15) is 5.26 Å². The lowest BCUT2D eigenvalue weighted by molar-refractivity contribution is -0.154. The van der Waals surface area contributed by atoms with E-state index in [1.807, 2.05) is 0 Å². The molecule has 0 bridgehead atoms. The van der Waals surface area contributed by atoms with E-state index < -0.39 is 23.5 Å². The van der Waals surface area contributed by atoms with Gasteiger partial charge in [-0.05, 0) is 31.9 Å². The fraction of sp³-hybridized carbons (Fsp3) is 0.500. The largest absolute Gasteiger partial charge is 0.452 e. The second kappa shape index (κ2) is 8.55.